The molecule has 18 heavy (non-hydrogen) atoms. The predicted octanol–water partition coefficient (Wildman–Crippen LogP) is 3.51. The van der Waals surface area contributed by atoms with Gasteiger partial charge in [-0.25, -0.2) is 0 Å². The van der Waals surface area contributed by atoms with Crippen molar-refractivity contribution in [1.29, 1.82) is 0 Å². The van der Waals surface area contributed by atoms with E-state index >= 15 is 0 Å². The van der Waals surface area contributed by atoms with Crippen LogP contribution in [0.1, 0.15) is 30.9 Å². The van der Waals surface area contributed by atoms with E-state index in [1.165, 1.54) is 0 Å². The highest BCUT2D eigenvalue weighted by atomic mass is 35.5. The van der Waals surface area contributed by atoms with Gasteiger partial charge in [0.05, 0.1) is 0 Å². The van der Waals surface area contributed by atoms with Gasteiger partial charge in [0.25, 0.3) is 0 Å². The molecule has 1 aromatic rings. The SMILES string of the molecule is O=C(O)CC1CCNC(c2cc(Cl)cc(Cl)c2)C1. The second kappa shape index (κ2) is 5.91. The van der Waals surface area contributed by atoms with Crippen molar-refractivity contribution < 1.29 is 9.90 Å². The van der Waals surface area contributed by atoms with Crippen LogP contribution in [0.4, 0.5) is 0 Å². The largest absolute Gasteiger partial charge is 0.481 e. The maximum Gasteiger partial charge on any atom is 0.303 e. The third kappa shape index (κ3) is 3.61. The molecular weight excluding hydrogens is 273 g/mol. The smallest absolute Gasteiger partial charge is 0.303 e. The van der Waals surface area contributed by atoms with Gasteiger partial charge in [0.15, 0.2) is 0 Å². The average Bonchev–Trinajstić information content (AvgIpc) is 2.27. The van der Waals surface area contributed by atoms with Crippen LogP contribution < -0.4 is 5.32 Å². The van der Waals surface area contributed by atoms with Gasteiger partial charge in [-0.2, -0.15) is 0 Å². The molecule has 2 atom stereocenters. The van der Waals surface area contributed by atoms with Crippen LogP contribution in [0.15, 0.2) is 18.2 Å². The maximum absolute atomic E-state index is 10.8. The lowest BCUT2D eigenvalue weighted by Crippen LogP contribution is -2.32. The fourth-order valence-corrected chi connectivity index (χ4v) is 3.00. The first-order chi connectivity index (χ1) is 8.54. The molecule has 1 aromatic carbocycles. The van der Waals surface area contributed by atoms with Crippen molar-refractivity contribution in [2.24, 2.45) is 5.92 Å². The van der Waals surface area contributed by atoms with Gasteiger partial charge >= 0.3 is 5.97 Å². The Hall–Kier alpha value is -0.770. The number of carbonyl (C=O) groups is 1. The van der Waals surface area contributed by atoms with Gasteiger partial charge in [-0.1, -0.05) is 23.2 Å². The summed E-state index contributed by atoms with van der Waals surface area (Å²) in [5.41, 5.74) is 1.03. The molecule has 1 aliphatic heterocycles. The van der Waals surface area contributed by atoms with Crippen LogP contribution in [0.2, 0.25) is 10.0 Å². The van der Waals surface area contributed by atoms with E-state index in [-0.39, 0.29) is 18.4 Å². The minimum Gasteiger partial charge on any atom is -0.481 e. The Morgan fingerprint density at radius 1 is 1.33 bits per heavy atom. The Labute approximate surface area is 116 Å². The molecule has 0 saturated carbocycles. The molecule has 2 rings (SSSR count). The van der Waals surface area contributed by atoms with Gasteiger partial charge in [-0.3, -0.25) is 4.79 Å². The molecule has 2 unspecified atom stereocenters. The van der Waals surface area contributed by atoms with Crippen molar-refractivity contribution >= 4 is 29.2 Å². The zero-order valence-corrected chi connectivity index (χ0v) is 11.3. The predicted molar refractivity (Wildman–Crippen MR) is 72.2 cm³/mol. The first-order valence-corrected chi connectivity index (χ1v) is 6.71. The Morgan fingerprint density at radius 2 is 2.00 bits per heavy atom. The van der Waals surface area contributed by atoms with E-state index in [0.29, 0.717) is 10.0 Å². The molecule has 5 heteroatoms. The molecule has 1 saturated heterocycles. The summed E-state index contributed by atoms with van der Waals surface area (Å²) in [5.74, 6) is -0.517. The van der Waals surface area contributed by atoms with Gasteiger partial charge in [-0.15, -0.1) is 0 Å². The Kier molecular flexibility index (Phi) is 4.49. The van der Waals surface area contributed by atoms with Gasteiger partial charge in [-0.05, 0) is 49.1 Å². The zero-order chi connectivity index (χ0) is 13.1. The second-order valence-electron chi connectivity index (χ2n) is 4.70. The van der Waals surface area contributed by atoms with Crippen LogP contribution in [0.25, 0.3) is 0 Å². The van der Waals surface area contributed by atoms with Crippen LogP contribution in [-0.4, -0.2) is 17.6 Å². The molecule has 1 heterocycles. The second-order valence-corrected chi connectivity index (χ2v) is 5.57. The van der Waals surface area contributed by atoms with Crippen LogP contribution >= 0.6 is 23.2 Å². The first-order valence-electron chi connectivity index (χ1n) is 5.96. The monoisotopic (exact) mass is 287 g/mol. The van der Waals surface area contributed by atoms with Crippen molar-refractivity contribution in [3.8, 4) is 0 Å². The molecule has 0 aliphatic carbocycles. The summed E-state index contributed by atoms with van der Waals surface area (Å²) >= 11 is 12.0. The molecule has 0 amide bonds. The normalized spacial score (nSPS) is 23.9. The summed E-state index contributed by atoms with van der Waals surface area (Å²) < 4.78 is 0. The van der Waals surface area contributed by atoms with Gasteiger partial charge in [0.2, 0.25) is 0 Å². The summed E-state index contributed by atoms with van der Waals surface area (Å²) in [4.78, 5) is 10.8. The van der Waals surface area contributed by atoms with Crippen molar-refractivity contribution in [1.82, 2.24) is 5.32 Å². The number of rotatable bonds is 3. The summed E-state index contributed by atoms with van der Waals surface area (Å²) in [6.45, 7) is 0.826. The molecule has 2 N–H and O–H groups in total. The molecule has 0 radical (unpaired) electrons. The molecular formula is C13H15Cl2NO2. The van der Waals surface area contributed by atoms with Gasteiger partial charge in [0.1, 0.15) is 0 Å². The topological polar surface area (TPSA) is 49.3 Å². The summed E-state index contributed by atoms with van der Waals surface area (Å²) in [6, 6.07) is 5.60. The zero-order valence-electron chi connectivity index (χ0n) is 9.83. The minimum absolute atomic E-state index is 0.138. The van der Waals surface area contributed by atoms with Crippen molar-refractivity contribution in [2.45, 2.75) is 25.3 Å². The number of carboxylic acids is 1. The van der Waals surface area contributed by atoms with Gasteiger partial charge in [0, 0.05) is 22.5 Å². The van der Waals surface area contributed by atoms with E-state index in [2.05, 4.69) is 5.32 Å². The average molecular weight is 288 g/mol. The molecule has 1 aliphatic rings. The third-order valence-corrected chi connectivity index (χ3v) is 3.70. The summed E-state index contributed by atoms with van der Waals surface area (Å²) in [7, 11) is 0. The maximum atomic E-state index is 10.8. The molecule has 0 spiro atoms. The van der Waals surface area contributed by atoms with E-state index in [9.17, 15) is 4.79 Å². The van der Waals surface area contributed by atoms with Crippen LogP contribution in [-0.2, 0) is 4.79 Å². The van der Waals surface area contributed by atoms with Gasteiger partial charge < -0.3 is 10.4 Å². The van der Waals surface area contributed by atoms with E-state index in [1.54, 1.807) is 6.07 Å². The highest BCUT2D eigenvalue weighted by molar-refractivity contribution is 6.34. The lowest BCUT2D eigenvalue weighted by molar-refractivity contribution is -0.138. The number of nitrogens with one attached hydrogen (secondary N) is 1. The number of halogens is 2. The van der Waals surface area contributed by atoms with Crippen molar-refractivity contribution in [3.63, 3.8) is 0 Å². The lowest BCUT2D eigenvalue weighted by Gasteiger charge is -2.30. The fraction of sp³-hybridized carbons (Fsp3) is 0.462. The van der Waals surface area contributed by atoms with Crippen LogP contribution in [0.3, 0.4) is 0 Å². The Bertz CT molecular complexity index is 430. The van der Waals surface area contributed by atoms with Crippen LogP contribution in [0.5, 0.6) is 0 Å². The van der Waals surface area contributed by atoms with Crippen molar-refractivity contribution in [3.05, 3.63) is 33.8 Å². The van der Waals surface area contributed by atoms with E-state index in [4.69, 9.17) is 28.3 Å². The van der Waals surface area contributed by atoms with E-state index in [1.807, 2.05) is 12.1 Å². The third-order valence-electron chi connectivity index (χ3n) is 3.26. The number of piperidine rings is 1. The quantitative estimate of drug-likeness (QED) is 0.894. The highest BCUT2D eigenvalue weighted by Gasteiger charge is 2.24. The molecule has 3 nitrogen and oxygen atoms in total. The standard InChI is InChI=1S/C13H15Cl2NO2/c14-10-5-9(6-11(15)7-10)12-3-8(1-2-16-12)4-13(17)18/h5-8,12,16H,1-4H2,(H,17,18). The number of benzene rings is 1. The Morgan fingerprint density at radius 3 is 2.61 bits per heavy atom. The number of hydrogen-bond acceptors (Lipinski definition) is 2. The molecule has 0 bridgehead atoms. The summed E-state index contributed by atoms with van der Waals surface area (Å²) in [5, 5.41) is 13.5. The fourth-order valence-electron chi connectivity index (χ4n) is 2.46. The summed E-state index contributed by atoms with van der Waals surface area (Å²) in [6.07, 6.45) is 1.94. The van der Waals surface area contributed by atoms with Crippen molar-refractivity contribution in [2.75, 3.05) is 6.54 Å². The van der Waals surface area contributed by atoms with E-state index in [0.717, 1.165) is 24.9 Å². The molecule has 1 fully saturated rings. The van der Waals surface area contributed by atoms with E-state index < -0.39 is 5.97 Å². The highest BCUT2D eigenvalue weighted by Crippen LogP contribution is 2.32. The Balaban J connectivity index is 2.10. The number of hydrogen-bond donors (Lipinski definition) is 2. The minimum atomic E-state index is -0.732. The first kappa shape index (κ1) is 13.7. The lowest BCUT2D eigenvalue weighted by atomic mass is 9.87. The van der Waals surface area contributed by atoms with Crippen LogP contribution in [0, 0.1) is 5.92 Å². The molecule has 98 valence electrons. The number of aliphatic carboxylic acids is 1. The molecule has 0 aromatic heterocycles. The number of carboxylic acid groups (broad SMARTS) is 1.